The van der Waals surface area contributed by atoms with Gasteiger partial charge in [-0.3, -0.25) is 0 Å². The molecule has 0 bridgehead atoms. The van der Waals surface area contributed by atoms with Crippen LogP contribution in [0.4, 0.5) is 10.6 Å². The van der Waals surface area contributed by atoms with Crippen LogP contribution < -0.4 is 10.6 Å². The topological polar surface area (TPSA) is 87.0 Å². The predicted molar refractivity (Wildman–Crippen MR) is 76.3 cm³/mol. The minimum atomic E-state index is -0.477. The van der Waals surface area contributed by atoms with Crippen LogP contribution in [0.25, 0.3) is 0 Å². The first-order valence-electron chi connectivity index (χ1n) is 6.47. The van der Waals surface area contributed by atoms with Gasteiger partial charge in [-0.05, 0) is 39.3 Å². The van der Waals surface area contributed by atoms with Crippen molar-refractivity contribution in [1.29, 1.82) is 5.26 Å². The van der Waals surface area contributed by atoms with E-state index in [1.807, 2.05) is 26.8 Å². The summed E-state index contributed by atoms with van der Waals surface area (Å²) in [6, 6.07) is 5.46. The van der Waals surface area contributed by atoms with Gasteiger partial charge in [0.1, 0.15) is 17.5 Å². The number of hydrogen-bond acceptors (Lipinski definition) is 5. The van der Waals surface area contributed by atoms with Crippen molar-refractivity contribution in [3.05, 3.63) is 23.9 Å². The van der Waals surface area contributed by atoms with Gasteiger partial charge in [0.15, 0.2) is 0 Å². The minimum absolute atomic E-state index is 0.408. The van der Waals surface area contributed by atoms with Crippen molar-refractivity contribution in [3.63, 3.8) is 0 Å². The van der Waals surface area contributed by atoms with Crippen LogP contribution in [-0.4, -0.2) is 29.8 Å². The number of rotatable bonds is 5. The molecule has 0 radical (unpaired) electrons. The van der Waals surface area contributed by atoms with Crippen LogP contribution in [-0.2, 0) is 4.74 Å². The van der Waals surface area contributed by atoms with E-state index in [9.17, 15) is 4.79 Å². The molecule has 1 rings (SSSR count). The third kappa shape index (κ3) is 6.59. The molecule has 0 aromatic carbocycles. The summed E-state index contributed by atoms with van der Waals surface area (Å²) in [5.41, 5.74) is 0.0523. The van der Waals surface area contributed by atoms with Crippen molar-refractivity contribution < 1.29 is 9.53 Å². The Morgan fingerprint density at radius 3 is 2.70 bits per heavy atom. The number of anilines is 1. The molecular weight excluding hydrogens is 256 g/mol. The lowest BCUT2D eigenvalue weighted by molar-refractivity contribution is 0.0528. The van der Waals surface area contributed by atoms with E-state index in [1.54, 1.807) is 12.1 Å². The number of carbonyl (C=O) groups is 1. The third-order valence-corrected chi connectivity index (χ3v) is 2.22. The van der Waals surface area contributed by atoms with Gasteiger partial charge in [-0.25, -0.2) is 9.78 Å². The molecule has 6 nitrogen and oxygen atoms in total. The maximum absolute atomic E-state index is 11.4. The Hall–Kier alpha value is -2.29. The minimum Gasteiger partial charge on any atom is -0.444 e. The highest BCUT2D eigenvalue weighted by atomic mass is 16.6. The van der Waals surface area contributed by atoms with Gasteiger partial charge >= 0.3 is 6.09 Å². The first-order chi connectivity index (χ1) is 9.40. The molecule has 1 amide bonds. The average Bonchev–Trinajstić information content (AvgIpc) is 2.37. The van der Waals surface area contributed by atoms with Crippen LogP contribution in [0.15, 0.2) is 18.3 Å². The summed E-state index contributed by atoms with van der Waals surface area (Å²) in [7, 11) is 0. The molecule has 20 heavy (non-hydrogen) atoms. The summed E-state index contributed by atoms with van der Waals surface area (Å²) in [6.45, 7) is 6.67. The second-order valence-corrected chi connectivity index (χ2v) is 5.25. The maximum Gasteiger partial charge on any atom is 0.407 e. The van der Waals surface area contributed by atoms with Crippen molar-refractivity contribution in [2.75, 3.05) is 18.4 Å². The molecule has 0 atom stereocenters. The fraction of sp³-hybridized carbons (Fsp3) is 0.500. The number of alkyl carbamates (subject to hydrolysis) is 1. The Morgan fingerprint density at radius 1 is 1.40 bits per heavy atom. The van der Waals surface area contributed by atoms with E-state index in [0.717, 1.165) is 6.42 Å². The van der Waals surface area contributed by atoms with Gasteiger partial charge in [-0.2, -0.15) is 5.26 Å². The van der Waals surface area contributed by atoms with Crippen molar-refractivity contribution >= 4 is 11.9 Å². The summed E-state index contributed by atoms with van der Waals surface area (Å²) in [5, 5.41) is 14.4. The van der Waals surface area contributed by atoms with Crippen molar-refractivity contribution in [1.82, 2.24) is 10.3 Å². The van der Waals surface area contributed by atoms with E-state index in [4.69, 9.17) is 10.00 Å². The Labute approximate surface area is 119 Å². The SMILES string of the molecule is CC(C)(C)OC(=O)NCCCNc1ccc(C#N)cn1. The van der Waals surface area contributed by atoms with Gasteiger partial charge < -0.3 is 15.4 Å². The number of nitriles is 1. The van der Waals surface area contributed by atoms with E-state index in [-0.39, 0.29) is 0 Å². The van der Waals surface area contributed by atoms with E-state index < -0.39 is 11.7 Å². The molecule has 0 aliphatic carbocycles. The molecule has 0 aliphatic rings. The third-order valence-electron chi connectivity index (χ3n) is 2.22. The number of nitrogens with zero attached hydrogens (tertiary/aromatic N) is 2. The molecule has 1 heterocycles. The smallest absolute Gasteiger partial charge is 0.407 e. The van der Waals surface area contributed by atoms with Crippen LogP contribution >= 0.6 is 0 Å². The monoisotopic (exact) mass is 276 g/mol. The standard InChI is InChI=1S/C14H20N4O2/c1-14(2,3)20-13(19)17-8-4-7-16-12-6-5-11(9-15)10-18-12/h5-6,10H,4,7-8H2,1-3H3,(H,16,18)(H,17,19). The molecule has 0 unspecified atom stereocenters. The van der Waals surface area contributed by atoms with E-state index in [1.165, 1.54) is 6.20 Å². The molecule has 2 N–H and O–H groups in total. The largest absolute Gasteiger partial charge is 0.444 e. The lowest BCUT2D eigenvalue weighted by Crippen LogP contribution is -2.33. The van der Waals surface area contributed by atoms with Gasteiger partial charge in [-0.15, -0.1) is 0 Å². The Morgan fingerprint density at radius 2 is 2.15 bits per heavy atom. The number of ether oxygens (including phenoxy) is 1. The zero-order chi connectivity index (χ0) is 15.0. The maximum atomic E-state index is 11.4. The van der Waals surface area contributed by atoms with Gasteiger partial charge in [0.2, 0.25) is 0 Å². The van der Waals surface area contributed by atoms with Gasteiger partial charge in [0.05, 0.1) is 5.56 Å². The van der Waals surface area contributed by atoms with Gasteiger partial charge in [0.25, 0.3) is 0 Å². The second kappa shape index (κ2) is 7.34. The summed E-state index contributed by atoms with van der Waals surface area (Å²) < 4.78 is 5.11. The zero-order valence-electron chi connectivity index (χ0n) is 12.1. The Kier molecular flexibility index (Phi) is 5.78. The number of hydrogen-bond donors (Lipinski definition) is 2. The summed E-state index contributed by atoms with van der Waals surface area (Å²) in [5.74, 6) is 0.710. The average molecular weight is 276 g/mol. The molecule has 108 valence electrons. The number of carbonyl (C=O) groups excluding carboxylic acids is 1. The number of pyridine rings is 1. The van der Waals surface area contributed by atoms with Crippen LogP contribution in [0.3, 0.4) is 0 Å². The molecule has 0 aliphatic heterocycles. The summed E-state index contributed by atoms with van der Waals surface area (Å²) in [4.78, 5) is 15.5. The normalized spacial score (nSPS) is 10.5. The van der Waals surface area contributed by atoms with E-state index in [2.05, 4.69) is 15.6 Å². The Bertz CT molecular complexity index is 471. The van der Waals surface area contributed by atoms with Crippen LogP contribution in [0.1, 0.15) is 32.8 Å². The zero-order valence-corrected chi connectivity index (χ0v) is 12.1. The van der Waals surface area contributed by atoms with Gasteiger partial charge in [0, 0.05) is 19.3 Å². The van der Waals surface area contributed by atoms with Crippen molar-refractivity contribution in [3.8, 4) is 6.07 Å². The fourth-order valence-electron chi connectivity index (χ4n) is 1.37. The van der Waals surface area contributed by atoms with Gasteiger partial charge in [-0.1, -0.05) is 0 Å². The highest BCUT2D eigenvalue weighted by Gasteiger charge is 2.15. The number of amides is 1. The highest BCUT2D eigenvalue weighted by molar-refractivity contribution is 5.67. The van der Waals surface area contributed by atoms with Crippen molar-refractivity contribution in [2.45, 2.75) is 32.8 Å². The highest BCUT2D eigenvalue weighted by Crippen LogP contribution is 2.06. The number of nitrogens with one attached hydrogen (secondary N) is 2. The molecule has 1 aromatic heterocycles. The second-order valence-electron chi connectivity index (χ2n) is 5.25. The van der Waals surface area contributed by atoms with Crippen LogP contribution in [0.2, 0.25) is 0 Å². The molecule has 0 saturated heterocycles. The Balaban J connectivity index is 2.16. The molecule has 0 spiro atoms. The molecule has 0 saturated carbocycles. The molecular formula is C14H20N4O2. The molecule has 1 aromatic rings. The molecule has 0 fully saturated rings. The van der Waals surface area contributed by atoms with E-state index in [0.29, 0.717) is 24.5 Å². The first-order valence-corrected chi connectivity index (χ1v) is 6.47. The quantitative estimate of drug-likeness (QED) is 0.806. The molecule has 6 heteroatoms. The van der Waals surface area contributed by atoms with E-state index >= 15 is 0 Å². The lowest BCUT2D eigenvalue weighted by Gasteiger charge is -2.19. The van der Waals surface area contributed by atoms with Crippen molar-refractivity contribution in [2.24, 2.45) is 0 Å². The fourth-order valence-corrected chi connectivity index (χ4v) is 1.37. The van der Waals surface area contributed by atoms with Crippen LogP contribution in [0, 0.1) is 11.3 Å². The lowest BCUT2D eigenvalue weighted by atomic mass is 10.2. The first kappa shape index (κ1) is 15.8. The number of aromatic nitrogens is 1. The van der Waals surface area contributed by atoms with Crippen LogP contribution in [0.5, 0.6) is 0 Å². The summed E-state index contributed by atoms with van der Waals surface area (Å²) in [6.07, 6.45) is 1.86. The summed E-state index contributed by atoms with van der Waals surface area (Å²) >= 11 is 0. The predicted octanol–water partition coefficient (Wildman–Crippen LogP) is 2.28.